The number of hydrogen-bond acceptors (Lipinski definition) is 6. The van der Waals surface area contributed by atoms with Gasteiger partial charge >= 0.3 is 0 Å². The number of hydrogen-bond donors (Lipinski definition) is 0. The minimum Gasteiger partial charge on any atom is -0.494 e. The molecule has 0 radical (unpaired) electrons. The largest absolute Gasteiger partial charge is 0.494 e. The van der Waals surface area contributed by atoms with Crippen LogP contribution < -0.4 is 9.64 Å². The maximum absolute atomic E-state index is 13.5. The zero-order valence-electron chi connectivity index (χ0n) is 18.0. The second kappa shape index (κ2) is 8.92. The molecular weight excluding hydrogens is 386 g/mol. The van der Waals surface area contributed by atoms with Crippen LogP contribution in [0.25, 0.3) is 10.2 Å². The molecule has 0 spiro atoms. The second-order valence-electron chi connectivity index (χ2n) is 7.63. The molecule has 3 aromatic rings. The Morgan fingerprint density at radius 2 is 2.00 bits per heavy atom. The van der Waals surface area contributed by atoms with Gasteiger partial charge in [0, 0.05) is 18.8 Å². The van der Waals surface area contributed by atoms with E-state index in [0.717, 1.165) is 34.5 Å². The average Bonchev–Trinajstić information content (AvgIpc) is 3.32. The molecule has 0 aliphatic heterocycles. The molecule has 0 saturated heterocycles. The van der Waals surface area contributed by atoms with Gasteiger partial charge in [0.15, 0.2) is 5.13 Å². The molecule has 0 aliphatic rings. The summed E-state index contributed by atoms with van der Waals surface area (Å²) >= 11 is 1.53. The van der Waals surface area contributed by atoms with Crippen molar-refractivity contribution in [2.24, 2.45) is 0 Å². The van der Waals surface area contributed by atoms with Crippen LogP contribution in [0, 0.1) is 6.92 Å². The van der Waals surface area contributed by atoms with E-state index in [1.54, 1.807) is 29.0 Å². The molecule has 29 heavy (non-hydrogen) atoms. The highest BCUT2D eigenvalue weighted by Crippen LogP contribution is 2.37. The van der Waals surface area contributed by atoms with Gasteiger partial charge in [-0.15, -0.1) is 0 Å². The number of carbonyl (C=O) groups is 1. The molecule has 2 heterocycles. The smallest absolute Gasteiger partial charge is 0.278 e. The monoisotopic (exact) mass is 415 g/mol. The quantitative estimate of drug-likeness (QED) is 0.557. The molecule has 0 bridgehead atoms. The SMILES string of the molecule is COc1ccc(C)c2sc(N(CCCN(C)C)C(=O)c3ccnn3C(C)C)nc12. The summed E-state index contributed by atoms with van der Waals surface area (Å²) in [6.45, 7) is 7.57. The van der Waals surface area contributed by atoms with E-state index in [4.69, 9.17) is 9.72 Å². The third-order valence-electron chi connectivity index (χ3n) is 4.75. The second-order valence-corrected chi connectivity index (χ2v) is 8.60. The highest BCUT2D eigenvalue weighted by Gasteiger charge is 2.25. The zero-order chi connectivity index (χ0) is 21.1. The molecule has 2 aromatic heterocycles. The fraction of sp³-hybridized carbons (Fsp3) is 0.476. The van der Waals surface area contributed by atoms with Crippen LogP contribution in [0.5, 0.6) is 5.75 Å². The Morgan fingerprint density at radius 1 is 1.24 bits per heavy atom. The third kappa shape index (κ3) is 4.43. The van der Waals surface area contributed by atoms with Gasteiger partial charge in [-0.2, -0.15) is 5.10 Å². The lowest BCUT2D eigenvalue weighted by atomic mass is 10.2. The predicted molar refractivity (Wildman–Crippen MR) is 118 cm³/mol. The van der Waals surface area contributed by atoms with Gasteiger partial charge in [-0.05, 0) is 65.5 Å². The summed E-state index contributed by atoms with van der Waals surface area (Å²) in [5.74, 6) is 0.645. The number of aryl methyl sites for hydroxylation is 1. The molecule has 0 aliphatic carbocycles. The Labute approximate surface area is 175 Å². The molecule has 1 amide bonds. The number of anilines is 1. The summed E-state index contributed by atoms with van der Waals surface area (Å²) in [6.07, 6.45) is 2.53. The first-order valence-electron chi connectivity index (χ1n) is 9.77. The first-order chi connectivity index (χ1) is 13.8. The lowest BCUT2D eigenvalue weighted by Gasteiger charge is -2.22. The molecule has 7 nitrogen and oxygen atoms in total. The summed E-state index contributed by atoms with van der Waals surface area (Å²) in [7, 11) is 5.71. The summed E-state index contributed by atoms with van der Waals surface area (Å²) in [6, 6.07) is 5.83. The third-order valence-corrected chi connectivity index (χ3v) is 5.97. The average molecular weight is 416 g/mol. The van der Waals surface area contributed by atoms with Gasteiger partial charge in [-0.3, -0.25) is 14.4 Å². The Kier molecular flexibility index (Phi) is 6.54. The number of thiazole rings is 1. The van der Waals surface area contributed by atoms with E-state index in [1.807, 2.05) is 40.1 Å². The van der Waals surface area contributed by atoms with Crippen LogP contribution in [0.4, 0.5) is 5.13 Å². The van der Waals surface area contributed by atoms with Crippen LogP contribution in [0.2, 0.25) is 0 Å². The normalized spacial score (nSPS) is 11.6. The Hall–Kier alpha value is -2.45. The Bertz CT molecular complexity index is 992. The highest BCUT2D eigenvalue weighted by molar-refractivity contribution is 7.22. The molecule has 156 valence electrons. The van der Waals surface area contributed by atoms with E-state index in [2.05, 4.69) is 16.9 Å². The molecule has 0 N–H and O–H groups in total. The van der Waals surface area contributed by atoms with Gasteiger partial charge in [0.2, 0.25) is 0 Å². The fourth-order valence-corrected chi connectivity index (χ4v) is 4.32. The van der Waals surface area contributed by atoms with E-state index in [0.29, 0.717) is 17.4 Å². The Morgan fingerprint density at radius 3 is 2.66 bits per heavy atom. The van der Waals surface area contributed by atoms with Crippen molar-refractivity contribution in [2.75, 3.05) is 39.2 Å². The standard InChI is InChI=1S/C21H29N5O2S/c1-14(2)26-16(10-11-22-26)20(27)25(13-7-12-24(4)5)21-23-18-17(28-6)9-8-15(3)19(18)29-21/h8-11,14H,7,12-13H2,1-6H3. The minimum atomic E-state index is -0.0781. The van der Waals surface area contributed by atoms with Gasteiger partial charge in [0.05, 0.1) is 11.8 Å². The van der Waals surface area contributed by atoms with E-state index in [1.165, 1.54) is 11.3 Å². The van der Waals surface area contributed by atoms with Crippen molar-refractivity contribution in [1.82, 2.24) is 19.7 Å². The summed E-state index contributed by atoms with van der Waals surface area (Å²) in [5.41, 5.74) is 2.50. The van der Waals surface area contributed by atoms with Crippen molar-refractivity contribution in [3.8, 4) is 5.75 Å². The number of ether oxygens (including phenoxy) is 1. The maximum atomic E-state index is 13.5. The summed E-state index contributed by atoms with van der Waals surface area (Å²) in [5, 5.41) is 5.02. The number of methoxy groups -OCH3 is 1. The number of nitrogens with zero attached hydrogens (tertiary/aromatic N) is 5. The van der Waals surface area contributed by atoms with E-state index in [9.17, 15) is 4.79 Å². The predicted octanol–water partition coefficient (Wildman–Crippen LogP) is 3.99. The number of carbonyl (C=O) groups excluding carboxylic acids is 1. The van der Waals surface area contributed by atoms with Crippen LogP contribution in [-0.2, 0) is 0 Å². The van der Waals surface area contributed by atoms with Crippen molar-refractivity contribution in [2.45, 2.75) is 33.2 Å². The molecule has 1 aromatic carbocycles. The minimum absolute atomic E-state index is 0.0781. The molecule has 0 saturated carbocycles. The van der Waals surface area contributed by atoms with Gasteiger partial charge in [0.1, 0.15) is 17.0 Å². The topological polar surface area (TPSA) is 63.5 Å². The van der Waals surface area contributed by atoms with E-state index in [-0.39, 0.29) is 11.9 Å². The summed E-state index contributed by atoms with van der Waals surface area (Å²) < 4.78 is 8.30. The van der Waals surface area contributed by atoms with Crippen molar-refractivity contribution in [3.05, 3.63) is 35.7 Å². The molecule has 3 rings (SSSR count). The fourth-order valence-electron chi connectivity index (χ4n) is 3.24. The number of benzene rings is 1. The van der Waals surface area contributed by atoms with Crippen molar-refractivity contribution in [3.63, 3.8) is 0 Å². The van der Waals surface area contributed by atoms with Crippen LogP contribution in [0.1, 0.15) is 42.4 Å². The number of rotatable bonds is 8. The first-order valence-corrected chi connectivity index (χ1v) is 10.6. The van der Waals surface area contributed by atoms with E-state index >= 15 is 0 Å². The molecule has 0 unspecified atom stereocenters. The van der Waals surface area contributed by atoms with Crippen molar-refractivity contribution < 1.29 is 9.53 Å². The Balaban J connectivity index is 2.03. The van der Waals surface area contributed by atoms with Gasteiger partial charge < -0.3 is 9.64 Å². The number of amides is 1. The van der Waals surface area contributed by atoms with Gasteiger partial charge in [-0.25, -0.2) is 4.98 Å². The van der Waals surface area contributed by atoms with Gasteiger partial charge in [-0.1, -0.05) is 17.4 Å². The van der Waals surface area contributed by atoms with Crippen LogP contribution in [0.3, 0.4) is 0 Å². The van der Waals surface area contributed by atoms with Crippen LogP contribution in [-0.4, -0.2) is 59.9 Å². The van der Waals surface area contributed by atoms with Crippen molar-refractivity contribution >= 4 is 32.6 Å². The van der Waals surface area contributed by atoms with E-state index < -0.39 is 0 Å². The van der Waals surface area contributed by atoms with Gasteiger partial charge in [0.25, 0.3) is 5.91 Å². The zero-order valence-corrected chi connectivity index (χ0v) is 18.8. The number of aromatic nitrogens is 3. The molecule has 0 atom stereocenters. The lowest BCUT2D eigenvalue weighted by Crippen LogP contribution is -2.35. The highest BCUT2D eigenvalue weighted by atomic mass is 32.1. The van der Waals surface area contributed by atoms with Crippen LogP contribution >= 0.6 is 11.3 Å². The number of fused-ring (bicyclic) bond motifs is 1. The molecular formula is C21H29N5O2S. The molecule has 8 heteroatoms. The first kappa shape index (κ1) is 21.3. The summed E-state index contributed by atoms with van der Waals surface area (Å²) in [4.78, 5) is 22.2. The van der Waals surface area contributed by atoms with Crippen molar-refractivity contribution in [1.29, 1.82) is 0 Å². The maximum Gasteiger partial charge on any atom is 0.278 e. The van der Waals surface area contributed by atoms with Crippen LogP contribution in [0.15, 0.2) is 24.4 Å². The lowest BCUT2D eigenvalue weighted by molar-refractivity contribution is 0.0974. The molecule has 0 fully saturated rings.